The quantitative estimate of drug-likeness (QED) is 0.517. The number of nitrogens with zero attached hydrogens (tertiary/aromatic N) is 3. The number of benzene rings is 2. The molecule has 4 rings (SSSR count). The van der Waals surface area contributed by atoms with Gasteiger partial charge < -0.3 is 29.7 Å². The fourth-order valence-electron chi connectivity index (χ4n) is 4.77. The van der Waals surface area contributed by atoms with E-state index in [1.165, 1.54) is 4.90 Å². The normalized spacial score (nSPS) is 20.2. The Bertz CT molecular complexity index is 1240. The maximum Gasteiger partial charge on any atom is 0.259 e. The Kier molecular flexibility index (Phi) is 8.73. The van der Waals surface area contributed by atoms with Crippen LogP contribution in [0.4, 0.5) is 17.1 Å². The molecule has 2 saturated heterocycles. The number of ether oxygens (including phenoxy) is 2. The molecule has 3 atom stereocenters. The van der Waals surface area contributed by atoms with Crippen LogP contribution in [0.2, 0.25) is 0 Å². The zero-order valence-electron chi connectivity index (χ0n) is 21.6. The van der Waals surface area contributed by atoms with Crippen LogP contribution in [-0.2, 0) is 36.7 Å². The first-order valence-electron chi connectivity index (χ1n) is 12.7. The number of anilines is 2. The third-order valence-electron chi connectivity index (χ3n) is 6.93. The van der Waals surface area contributed by atoms with Crippen LogP contribution in [0.1, 0.15) is 24.5 Å². The molecule has 2 aliphatic heterocycles. The van der Waals surface area contributed by atoms with Crippen molar-refractivity contribution in [3.8, 4) is 0 Å². The van der Waals surface area contributed by atoms with E-state index in [2.05, 4.69) is 10.2 Å². The van der Waals surface area contributed by atoms with Crippen molar-refractivity contribution < 1.29 is 29.0 Å². The molecule has 10 nitrogen and oxygen atoms in total. The lowest BCUT2D eigenvalue weighted by atomic mass is 10.1. The first-order valence-corrected chi connectivity index (χ1v) is 12.7. The number of aliphatic hydroxyl groups excluding tert-OH is 1. The number of nitrogens with one attached hydrogen (secondary N) is 1. The molecular weight excluding hydrogens is 488 g/mol. The van der Waals surface area contributed by atoms with Gasteiger partial charge in [0.25, 0.3) is 11.8 Å². The van der Waals surface area contributed by atoms with Crippen molar-refractivity contribution in [2.24, 2.45) is 0 Å². The second kappa shape index (κ2) is 12.2. The minimum Gasteiger partial charge on any atom is -0.380 e. The van der Waals surface area contributed by atoms with E-state index < -0.39 is 24.0 Å². The van der Waals surface area contributed by atoms with E-state index in [1.54, 1.807) is 48.4 Å². The summed E-state index contributed by atoms with van der Waals surface area (Å²) in [5, 5.41) is 13.3. The predicted octanol–water partition coefficient (Wildman–Crippen LogP) is 2.32. The van der Waals surface area contributed by atoms with E-state index in [0.29, 0.717) is 36.6 Å². The second-order valence-electron chi connectivity index (χ2n) is 9.36. The summed E-state index contributed by atoms with van der Waals surface area (Å²) in [5.74, 6) is -1.32. The number of likely N-dealkylation sites (tertiary alicyclic amines) is 1. The Labute approximate surface area is 221 Å². The second-order valence-corrected chi connectivity index (χ2v) is 9.36. The number of hydrogen-bond acceptors (Lipinski definition) is 6. The monoisotopic (exact) mass is 520 g/mol. The van der Waals surface area contributed by atoms with Crippen LogP contribution in [-0.4, -0.2) is 79.4 Å². The van der Waals surface area contributed by atoms with Crippen LogP contribution >= 0.6 is 0 Å². The fourth-order valence-corrected chi connectivity index (χ4v) is 4.77. The van der Waals surface area contributed by atoms with Gasteiger partial charge in [0, 0.05) is 38.1 Å². The molecule has 10 heteroatoms. The average molecular weight is 521 g/mol. The van der Waals surface area contributed by atoms with Crippen molar-refractivity contribution >= 4 is 34.8 Å². The van der Waals surface area contributed by atoms with Crippen molar-refractivity contribution in [2.45, 2.75) is 44.5 Å². The van der Waals surface area contributed by atoms with Gasteiger partial charge in [0.05, 0.1) is 25.7 Å². The van der Waals surface area contributed by atoms with Crippen molar-refractivity contribution in [1.82, 2.24) is 4.90 Å². The van der Waals surface area contributed by atoms with Gasteiger partial charge in [0.2, 0.25) is 5.91 Å². The molecule has 2 fully saturated rings. The van der Waals surface area contributed by atoms with Gasteiger partial charge in [-0.3, -0.25) is 14.4 Å². The van der Waals surface area contributed by atoms with Gasteiger partial charge in [-0.05, 0) is 48.2 Å². The average Bonchev–Trinajstić information content (AvgIpc) is 3.42. The van der Waals surface area contributed by atoms with E-state index in [1.807, 2.05) is 13.0 Å². The van der Waals surface area contributed by atoms with E-state index in [4.69, 9.17) is 16.0 Å². The summed E-state index contributed by atoms with van der Waals surface area (Å²) in [4.78, 5) is 45.5. The van der Waals surface area contributed by atoms with Crippen LogP contribution in [0.5, 0.6) is 0 Å². The Hall–Kier alpha value is -3.78. The Morgan fingerprint density at radius 3 is 2.79 bits per heavy atom. The standard InChI is InChI=1S/C28H32N4O6/c1-4-19-16-20(8-9-23(19)29-2)30-27(35)25(34)26-28(36)32(12-13-38-26)21-7-5-6-18(14-21)15-24(33)31-11-10-22(17-31)37-3/h5-9,14,16,22,25-26,34H,4,10-13,15,17H2,1,3H3,(H,30,35)/t22-,25+,26+/m0/s1. The molecule has 2 aromatic carbocycles. The van der Waals surface area contributed by atoms with Gasteiger partial charge in [0.15, 0.2) is 17.9 Å². The molecule has 2 aliphatic rings. The van der Waals surface area contributed by atoms with Crippen LogP contribution in [0.3, 0.4) is 0 Å². The number of methoxy groups -OCH3 is 1. The zero-order chi connectivity index (χ0) is 27.2. The predicted molar refractivity (Wildman–Crippen MR) is 141 cm³/mol. The summed E-state index contributed by atoms with van der Waals surface area (Å²) in [6, 6.07) is 12.0. The first-order chi connectivity index (χ1) is 18.3. The van der Waals surface area contributed by atoms with E-state index in [-0.39, 0.29) is 31.6 Å². The minimum absolute atomic E-state index is 0.00404. The van der Waals surface area contributed by atoms with Crippen molar-refractivity contribution in [2.75, 3.05) is 43.6 Å². The van der Waals surface area contributed by atoms with Crippen molar-refractivity contribution in [1.29, 1.82) is 0 Å². The summed E-state index contributed by atoms with van der Waals surface area (Å²) in [5.41, 5.74) is 3.02. The molecule has 0 saturated carbocycles. The van der Waals surface area contributed by atoms with Gasteiger partial charge in [-0.2, -0.15) is 0 Å². The topological polar surface area (TPSA) is 113 Å². The minimum atomic E-state index is -1.73. The molecule has 38 heavy (non-hydrogen) atoms. The number of amides is 3. The van der Waals surface area contributed by atoms with Crippen molar-refractivity contribution in [3.63, 3.8) is 0 Å². The molecule has 0 unspecified atom stereocenters. The molecule has 200 valence electrons. The lowest BCUT2D eigenvalue weighted by molar-refractivity contribution is -0.150. The Morgan fingerprint density at radius 1 is 1.26 bits per heavy atom. The first kappa shape index (κ1) is 27.3. The molecular formula is C28H32N4O6. The van der Waals surface area contributed by atoms with E-state index in [0.717, 1.165) is 17.5 Å². The molecule has 0 bridgehead atoms. The lowest BCUT2D eigenvalue weighted by Crippen LogP contribution is -2.55. The summed E-state index contributed by atoms with van der Waals surface area (Å²) in [7, 11) is 1.64. The number of aryl methyl sites for hydroxylation is 1. The van der Waals surface area contributed by atoms with Crippen LogP contribution in [0.15, 0.2) is 42.5 Å². The maximum atomic E-state index is 13.3. The largest absolute Gasteiger partial charge is 0.380 e. The Balaban J connectivity index is 1.42. The maximum absolute atomic E-state index is 13.3. The number of aliphatic hydroxyl groups is 1. The molecule has 0 aliphatic carbocycles. The molecule has 2 heterocycles. The van der Waals surface area contributed by atoms with Gasteiger partial charge >= 0.3 is 0 Å². The molecule has 0 aromatic heterocycles. The summed E-state index contributed by atoms with van der Waals surface area (Å²) < 4.78 is 10.9. The number of carbonyl (C=O) groups excluding carboxylic acids is 3. The van der Waals surface area contributed by atoms with Crippen LogP contribution < -0.4 is 10.2 Å². The molecule has 2 N–H and O–H groups in total. The fraction of sp³-hybridized carbons (Fsp3) is 0.429. The summed E-state index contributed by atoms with van der Waals surface area (Å²) in [6.07, 6.45) is -1.43. The number of rotatable bonds is 8. The highest BCUT2D eigenvalue weighted by atomic mass is 16.5. The Morgan fingerprint density at radius 2 is 2.08 bits per heavy atom. The van der Waals surface area contributed by atoms with Gasteiger partial charge in [-0.1, -0.05) is 25.1 Å². The third kappa shape index (κ3) is 6.02. The van der Waals surface area contributed by atoms with Crippen LogP contribution in [0.25, 0.3) is 4.85 Å². The van der Waals surface area contributed by atoms with Crippen molar-refractivity contribution in [3.05, 3.63) is 65.0 Å². The smallest absolute Gasteiger partial charge is 0.259 e. The highest BCUT2D eigenvalue weighted by Crippen LogP contribution is 2.26. The molecule has 3 amide bonds. The number of carbonyl (C=O) groups is 3. The number of morpholine rings is 1. The van der Waals surface area contributed by atoms with E-state index >= 15 is 0 Å². The molecule has 2 aromatic rings. The number of hydrogen-bond donors (Lipinski definition) is 2. The van der Waals surface area contributed by atoms with E-state index in [9.17, 15) is 19.5 Å². The van der Waals surface area contributed by atoms with Gasteiger partial charge in [0.1, 0.15) is 0 Å². The van der Waals surface area contributed by atoms with Gasteiger partial charge in [-0.25, -0.2) is 4.85 Å². The lowest BCUT2D eigenvalue weighted by Gasteiger charge is -2.34. The molecule has 0 spiro atoms. The summed E-state index contributed by atoms with van der Waals surface area (Å²) in [6.45, 7) is 10.7. The summed E-state index contributed by atoms with van der Waals surface area (Å²) >= 11 is 0. The van der Waals surface area contributed by atoms with Crippen LogP contribution in [0, 0.1) is 6.57 Å². The third-order valence-corrected chi connectivity index (χ3v) is 6.93. The zero-order valence-corrected chi connectivity index (χ0v) is 21.6. The SMILES string of the molecule is [C-]#[N+]c1ccc(NC(=O)[C@H](O)[C@H]2OCCN(c3cccc(CC(=O)N4CC[C@H](OC)C4)c3)C2=O)cc1CC. The highest BCUT2D eigenvalue weighted by molar-refractivity contribution is 6.04. The highest BCUT2D eigenvalue weighted by Gasteiger charge is 2.39. The molecule has 0 radical (unpaired) electrons. The van der Waals surface area contributed by atoms with Gasteiger partial charge in [-0.15, -0.1) is 0 Å².